The fourth-order valence-electron chi connectivity index (χ4n) is 4.28. The number of pyridine rings is 1. The quantitative estimate of drug-likeness (QED) is 0.422. The third kappa shape index (κ3) is 5.40. The number of rotatable bonds is 8. The number of benzene rings is 1. The van der Waals surface area contributed by atoms with E-state index in [1.54, 1.807) is 35.0 Å². The van der Waals surface area contributed by atoms with Gasteiger partial charge in [0.2, 0.25) is 0 Å². The van der Waals surface area contributed by atoms with Gasteiger partial charge in [-0.15, -0.1) is 0 Å². The number of hydrogen-bond donors (Lipinski definition) is 1. The van der Waals surface area contributed by atoms with Gasteiger partial charge in [0.05, 0.1) is 24.5 Å². The minimum Gasteiger partial charge on any atom is -0.462 e. The standard InChI is InChI=1S/C27H31F2N5O2/c1-4-36-26(35)22-16-34(18(2)3)32-23(22)11-7-9-19-8-5-6-10-20(19)21-12-14-31-25(24(21)30)33-15-13-27(28,29)17-33/h5-8,10-12,14,16,18H,4,9,13,15,17,30H2,1-3H3/b11-7+. The van der Waals surface area contributed by atoms with Gasteiger partial charge in [-0.3, -0.25) is 4.68 Å². The van der Waals surface area contributed by atoms with Crippen LogP contribution < -0.4 is 10.6 Å². The highest BCUT2D eigenvalue weighted by Crippen LogP contribution is 2.38. The molecule has 1 aromatic carbocycles. The molecular weight excluding hydrogens is 464 g/mol. The first-order valence-electron chi connectivity index (χ1n) is 12.1. The van der Waals surface area contributed by atoms with E-state index in [1.807, 2.05) is 50.3 Å². The van der Waals surface area contributed by atoms with Crippen LogP contribution in [0.5, 0.6) is 0 Å². The zero-order valence-corrected chi connectivity index (χ0v) is 20.7. The number of esters is 1. The first-order chi connectivity index (χ1) is 17.2. The van der Waals surface area contributed by atoms with Crippen molar-refractivity contribution in [3.8, 4) is 11.1 Å². The summed E-state index contributed by atoms with van der Waals surface area (Å²) in [4.78, 5) is 18.3. The Morgan fingerprint density at radius 3 is 2.72 bits per heavy atom. The number of anilines is 2. The first kappa shape index (κ1) is 25.3. The van der Waals surface area contributed by atoms with E-state index < -0.39 is 11.9 Å². The number of nitrogens with two attached hydrogens (primary N) is 1. The summed E-state index contributed by atoms with van der Waals surface area (Å²) in [7, 11) is 0. The van der Waals surface area contributed by atoms with E-state index in [1.165, 1.54) is 0 Å². The second-order valence-corrected chi connectivity index (χ2v) is 9.11. The smallest absolute Gasteiger partial charge is 0.341 e. The van der Waals surface area contributed by atoms with Crippen LogP contribution in [0.4, 0.5) is 20.3 Å². The van der Waals surface area contributed by atoms with Crippen molar-refractivity contribution in [2.45, 2.75) is 45.6 Å². The molecule has 2 N–H and O–H groups in total. The molecule has 0 aliphatic carbocycles. The zero-order chi connectivity index (χ0) is 25.9. The Kier molecular flexibility index (Phi) is 7.37. The molecule has 3 heterocycles. The molecule has 1 fully saturated rings. The molecule has 9 heteroatoms. The summed E-state index contributed by atoms with van der Waals surface area (Å²) in [6.45, 7) is 5.85. The van der Waals surface area contributed by atoms with Crippen LogP contribution in [0, 0.1) is 0 Å². The number of allylic oxidation sites excluding steroid dienone is 1. The maximum atomic E-state index is 13.8. The van der Waals surface area contributed by atoms with E-state index in [4.69, 9.17) is 10.5 Å². The highest BCUT2D eigenvalue weighted by atomic mass is 19.3. The Morgan fingerprint density at radius 1 is 1.25 bits per heavy atom. The molecule has 0 saturated carbocycles. The maximum Gasteiger partial charge on any atom is 0.341 e. The molecule has 7 nitrogen and oxygen atoms in total. The van der Waals surface area contributed by atoms with E-state index in [9.17, 15) is 13.6 Å². The van der Waals surface area contributed by atoms with Gasteiger partial charge in [-0.25, -0.2) is 18.6 Å². The Labute approximate surface area is 209 Å². The number of ether oxygens (including phenoxy) is 1. The minimum atomic E-state index is -2.74. The second-order valence-electron chi connectivity index (χ2n) is 9.11. The molecule has 1 aliphatic heterocycles. The molecule has 0 amide bonds. The molecule has 4 rings (SSSR count). The summed E-state index contributed by atoms with van der Waals surface area (Å²) in [6, 6.07) is 9.69. The Balaban J connectivity index is 1.61. The molecule has 2 aromatic heterocycles. The van der Waals surface area contributed by atoms with Crippen molar-refractivity contribution in [3.05, 3.63) is 65.6 Å². The molecule has 3 aromatic rings. The van der Waals surface area contributed by atoms with Crippen LogP contribution in [0.25, 0.3) is 17.2 Å². The van der Waals surface area contributed by atoms with Gasteiger partial charge in [-0.05, 0) is 50.5 Å². The van der Waals surface area contributed by atoms with Gasteiger partial charge in [-0.1, -0.05) is 30.3 Å². The number of carbonyl (C=O) groups excluding carboxylic acids is 1. The molecule has 36 heavy (non-hydrogen) atoms. The number of aromatic nitrogens is 3. The summed E-state index contributed by atoms with van der Waals surface area (Å²) in [6.07, 6.45) is 7.40. The monoisotopic (exact) mass is 495 g/mol. The fourth-order valence-corrected chi connectivity index (χ4v) is 4.28. The number of nitrogens with zero attached hydrogens (tertiary/aromatic N) is 4. The van der Waals surface area contributed by atoms with Crippen LogP contribution in [-0.2, 0) is 11.2 Å². The number of hydrogen-bond acceptors (Lipinski definition) is 6. The lowest BCUT2D eigenvalue weighted by Gasteiger charge is -2.21. The normalized spacial score (nSPS) is 15.2. The summed E-state index contributed by atoms with van der Waals surface area (Å²) in [5.41, 5.74) is 10.4. The lowest BCUT2D eigenvalue weighted by molar-refractivity contribution is 0.0256. The molecule has 0 unspecified atom stereocenters. The van der Waals surface area contributed by atoms with Crippen LogP contribution in [0.2, 0.25) is 0 Å². The number of carbonyl (C=O) groups is 1. The molecule has 0 spiro atoms. The van der Waals surface area contributed by atoms with E-state index >= 15 is 0 Å². The van der Waals surface area contributed by atoms with Crippen LogP contribution in [0.15, 0.2) is 48.8 Å². The van der Waals surface area contributed by atoms with Crippen molar-refractivity contribution in [2.24, 2.45) is 0 Å². The third-order valence-electron chi connectivity index (χ3n) is 6.14. The summed E-state index contributed by atoms with van der Waals surface area (Å²) in [5.74, 6) is -2.76. The molecule has 0 radical (unpaired) electrons. The van der Waals surface area contributed by atoms with Crippen LogP contribution in [0.1, 0.15) is 54.8 Å². The first-order valence-corrected chi connectivity index (χ1v) is 12.1. The van der Waals surface area contributed by atoms with Crippen LogP contribution in [0.3, 0.4) is 0 Å². The van der Waals surface area contributed by atoms with Crippen molar-refractivity contribution in [2.75, 3.05) is 30.3 Å². The van der Waals surface area contributed by atoms with E-state index in [2.05, 4.69) is 10.1 Å². The Bertz CT molecular complexity index is 1270. The lowest BCUT2D eigenvalue weighted by Crippen LogP contribution is -2.26. The molecular formula is C27H31F2N5O2. The zero-order valence-electron chi connectivity index (χ0n) is 20.7. The Hall–Kier alpha value is -3.75. The molecule has 1 aliphatic rings. The molecule has 0 bridgehead atoms. The maximum absolute atomic E-state index is 13.8. The van der Waals surface area contributed by atoms with Crippen LogP contribution in [-0.4, -0.2) is 46.4 Å². The van der Waals surface area contributed by atoms with Crippen molar-refractivity contribution in [1.82, 2.24) is 14.8 Å². The van der Waals surface area contributed by atoms with Crippen LogP contribution >= 0.6 is 0 Å². The van der Waals surface area contributed by atoms with Crippen molar-refractivity contribution < 1.29 is 18.3 Å². The average Bonchev–Trinajstić information content (AvgIpc) is 3.43. The van der Waals surface area contributed by atoms with Crippen molar-refractivity contribution in [1.29, 1.82) is 0 Å². The number of nitrogen functional groups attached to an aromatic ring is 1. The van der Waals surface area contributed by atoms with E-state index in [-0.39, 0.29) is 32.2 Å². The largest absolute Gasteiger partial charge is 0.462 e. The van der Waals surface area contributed by atoms with Gasteiger partial charge >= 0.3 is 5.97 Å². The summed E-state index contributed by atoms with van der Waals surface area (Å²) >= 11 is 0. The highest BCUT2D eigenvalue weighted by Gasteiger charge is 2.39. The minimum absolute atomic E-state index is 0.0977. The summed E-state index contributed by atoms with van der Waals surface area (Å²) < 4.78 is 34.5. The molecule has 0 atom stereocenters. The van der Waals surface area contributed by atoms with Crippen molar-refractivity contribution in [3.63, 3.8) is 0 Å². The molecule has 190 valence electrons. The average molecular weight is 496 g/mol. The SMILES string of the molecule is CCOC(=O)c1cn(C(C)C)nc1/C=C/Cc1ccccc1-c1ccnc(N2CCC(F)(F)C2)c1N. The Morgan fingerprint density at radius 2 is 2.03 bits per heavy atom. The van der Waals surface area contributed by atoms with Gasteiger partial charge in [0, 0.05) is 37.0 Å². The molecule has 1 saturated heterocycles. The second kappa shape index (κ2) is 10.5. The van der Waals surface area contributed by atoms with Gasteiger partial charge in [-0.2, -0.15) is 5.10 Å². The van der Waals surface area contributed by atoms with E-state index in [0.717, 1.165) is 16.7 Å². The number of alkyl halides is 2. The topological polar surface area (TPSA) is 86.3 Å². The lowest BCUT2D eigenvalue weighted by atomic mass is 9.96. The predicted molar refractivity (Wildman–Crippen MR) is 137 cm³/mol. The van der Waals surface area contributed by atoms with Gasteiger partial charge < -0.3 is 15.4 Å². The van der Waals surface area contributed by atoms with Gasteiger partial charge in [0.1, 0.15) is 5.56 Å². The van der Waals surface area contributed by atoms with Gasteiger partial charge in [0.15, 0.2) is 5.82 Å². The van der Waals surface area contributed by atoms with E-state index in [0.29, 0.717) is 29.2 Å². The third-order valence-corrected chi connectivity index (χ3v) is 6.14. The van der Waals surface area contributed by atoms with Crippen molar-refractivity contribution >= 4 is 23.6 Å². The summed E-state index contributed by atoms with van der Waals surface area (Å²) in [5, 5.41) is 4.54. The predicted octanol–water partition coefficient (Wildman–Crippen LogP) is 5.39. The van der Waals surface area contributed by atoms with Gasteiger partial charge in [0.25, 0.3) is 5.92 Å². The number of halogens is 2. The fraction of sp³-hybridized carbons (Fsp3) is 0.370. The highest BCUT2D eigenvalue weighted by molar-refractivity contribution is 5.92.